The number of hydrogen-bond acceptors (Lipinski definition) is 1. The van der Waals surface area contributed by atoms with E-state index in [4.69, 9.17) is 34.8 Å². The molecule has 0 heterocycles. The minimum atomic E-state index is 0.148. The van der Waals surface area contributed by atoms with Gasteiger partial charge in [0, 0.05) is 5.02 Å². The molecule has 0 aliphatic heterocycles. The van der Waals surface area contributed by atoms with E-state index in [2.05, 4.69) is 12.2 Å². The van der Waals surface area contributed by atoms with Crippen LogP contribution in [0.15, 0.2) is 42.5 Å². The Balaban J connectivity index is 2.26. The topological polar surface area (TPSA) is 12.0 Å². The summed E-state index contributed by atoms with van der Waals surface area (Å²) in [4.78, 5) is 0. The molecule has 1 atom stereocenters. The molecule has 19 heavy (non-hydrogen) atoms. The van der Waals surface area contributed by atoms with Crippen LogP contribution in [0.25, 0.3) is 0 Å². The number of anilines is 1. The molecule has 0 radical (unpaired) electrons. The third kappa shape index (κ3) is 3.56. The van der Waals surface area contributed by atoms with Gasteiger partial charge in [0.15, 0.2) is 0 Å². The number of halogens is 3. The maximum absolute atomic E-state index is 6.18. The Morgan fingerprint density at radius 3 is 2.05 bits per heavy atom. The molecule has 0 saturated carbocycles. The van der Waals surface area contributed by atoms with Gasteiger partial charge in [0.05, 0.1) is 21.8 Å². The zero-order valence-electron chi connectivity index (χ0n) is 10.5. The highest BCUT2D eigenvalue weighted by Gasteiger charge is 2.13. The van der Waals surface area contributed by atoms with Crippen molar-refractivity contribution in [3.8, 4) is 0 Å². The van der Waals surface area contributed by atoms with E-state index < -0.39 is 0 Å². The van der Waals surface area contributed by atoms with Crippen LogP contribution in [0, 0.1) is 0 Å². The molecule has 0 amide bonds. The van der Waals surface area contributed by atoms with E-state index in [0.717, 1.165) is 22.7 Å². The van der Waals surface area contributed by atoms with Crippen LogP contribution in [-0.4, -0.2) is 0 Å². The average molecular weight is 315 g/mol. The van der Waals surface area contributed by atoms with Crippen LogP contribution in [0.5, 0.6) is 0 Å². The van der Waals surface area contributed by atoms with Crippen molar-refractivity contribution in [3.05, 3.63) is 63.1 Å². The van der Waals surface area contributed by atoms with Crippen molar-refractivity contribution in [1.82, 2.24) is 0 Å². The highest BCUT2D eigenvalue weighted by atomic mass is 35.5. The lowest BCUT2D eigenvalue weighted by Crippen LogP contribution is -2.10. The Morgan fingerprint density at radius 2 is 1.53 bits per heavy atom. The highest BCUT2D eigenvalue weighted by molar-refractivity contribution is 6.39. The largest absolute Gasteiger partial charge is 0.376 e. The molecule has 0 aromatic heterocycles. The summed E-state index contributed by atoms with van der Waals surface area (Å²) in [5, 5.41) is 5.37. The summed E-state index contributed by atoms with van der Waals surface area (Å²) in [5.41, 5.74) is 1.93. The number of rotatable bonds is 4. The van der Waals surface area contributed by atoms with Crippen LogP contribution in [0.3, 0.4) is 0 Å². The van der Waals surface area contributed by atoms with Gasteiger partial charge in [-0.05, 0) is 36.2 Å². The first-order valence-corrected chi connectivity index (χ1v) is 7.21. The van der Waals surface area contributed by atoms with Crippen LogP contribution in [0.1, 0.15) is 24.9 Å². The second-order valence-electron chi connectivity index (χ2n) is 4.25. The van der Waals surface area contributed by atoms with Crippen LogP contribution < -0.4 is 5.32 Å². The van der Waals surface area contributed by atoms with Gasteiger partial charge in [0.2, 0.25) is 0 Å². The SMILES string of the molecule is CCC(Nc1c(Cl)cccc1Cl)c1ccc(Cl)cc1. The first-order valence-electron chi connectivity index (χ1n) is 6.08. The summed E-state index contributed by atoms with van der Waals surface area (Å²) < 4.78 is 0. The maximum Gasteiger partial charge on any atom is 0.0723 e. The Hall–Kier alpha value is -0.890. The van der Waals surface area contributed by atoms with Crippen molar-refractivity contribution < 1.29 is 0 Å². The maximum atomic E-state index is 6.18. The Bertz CT molecular complexity index is 532. The molecule has 0 saturated heterocycles. The summed E-state index contributed by atoms with van der Waals surface area (Å²) >= 11 is 18.3. The molecule has 0 bridgehead atoms. The Kier molecular flexibility index (Phi) is 4.98. The van der Waals surface area contributed by atoms with E-state index in [1.54, 1.807) is 0 Å². The van der Waals surface area contributed by atoms with Gasteiger partial charge >= 0.3 is 0 Å². The summed E-state index contributed by atoms with van der Waals surface area (Å²) in [7, 11) is 0. The van der Waals surface area contributed by atoms with Gasteiger partial charge in [-0.25, -0.2) is 0 Å². The van der Waals surface area contributed by atoms with E-state index in [0.29, 0.717) is 10.0 Å². The minimum Gasteiger partial charge on any atom is -0.376 e. The monoisotopic (exact) mass is 313 g/mol. The average Bonchev–Trinajstić information content (AvgIpc) is 2.40. The number of benzene rings is 2. The van der Waals surface area contributed by atoms with Crippen LogP contribution in [0.4, 0.5) is 5.69 Å². The van der Waals surface area contributed by atoms with Gasteiger partial charge in [-0.15, -0.1) is 0 Å². The number of hydrogen-bond donors (Lipinski definition) is 1. The number of nitrogens with one attached hydrogen (secondary N) is 1. The van der Waals surface area contributed by atoms with Crippen LogP contribution in [0.2, 0.25) is 15.1 Å². The summed E-state index contributed by atoms with van der Waals surface area (Å²) in [6, 6.07) is 13.4. The van der Waals surface area contributed by atoms with Crippen molar-refractivity contribution >= 4 is 40.5 Å². The van der Waals surface area contributed by atoms with Gasteiger partial charge in [0.1, 0.15) is 0 Å². The first-order chi connectivity index (χ1) is 9.11. The lowest BCUT2D eigenvalue weighted by Gasteiger charge is -2.20. The van der Waals surface area contributed by atoms with Crippen molar-refractivity contribution in [3.63, 3.8) is 0 Å². The zero-order valence-corrected chi connectivity index (χ0v) is 12.7. The van der Waals surface area contributed by atoms with Crippen molar-refractivity contribution in [1.29, 1.82) is 0 Å². The van der Waals surface area contributed by atoms with Gasteiger partial charge in [0.25, 0.3) is 0 Å². The molecule has 0 aliphatic rings. The molecule has 2 rings (SSSR count). The molecule has 2 aromatic rings. The van der Waals surface area contributed by atoms with Crippen molar-refractivity contribution in [2.45, 2.75) is 19.4 Å². The molecular weight excluding hydrogens is 301 g/mol. The Labute approximate surface area is 128 Å². The fourth-order valence-electron chi connectivity index (χ4n) is 1.93. The van der Waals surface area contributed by atoms with Crippen LogP contribution >= 0.6 is 34.8 Å². The van der Waals surface area contributed by atoms with Crippen molar-refractivity contribution in [2.75, 3.05) is 5.32 Å². The summed E-state index contributed by atoms with van der Waals surface area (Å²) in [6.07, 6.45) is 0.920. The molecule has 1 N–H and O–H groups in total. The normalized spacial score (nSPS) is 12.2. The van der Waals surface area contributed by atoms with E-state index in [1.807, 2.05) is 42.5 Å². The molecule has 0 fully saturated rings. The smallest absolute Gasteiger partial charge is 0.0723 e. The Morgan fingerprint density at radius 1 is 0.947 bits per heavy atom. The summed E-state index contributed by atoms with van der Waals surface area (Å²) in [6.45, 7) is 2.11. The van der Waals surface area contributed by atoms with E-state index in [-0.39, 0.29) is 6.04 Å². The third-order valence-corrected chi connectivity index (χ3v) is 3.84. The van der Waals surface area contributed by atoms with E-state index >= 15 is 0 Å². The van der Waals surface area contributed by atoms with E-state index in [9.17, 15) is 0 Å². The lowest BCUT2D eigenvalue weighted by molar-refractivity contribution is 0.749. The van der Waals surface area contributed by atoms with Gasteiger partial charge in [-0.2, -0.15) is 0 Å². The molecular formula is C15H14Cl3N. The molecule has 1 nitrogen and oxygen atoms in total. The van der Waals surface area contributed by atoms with E-state index in [1.165, 1.54) is 0 Å². The minimum absolute atomic E-state index is 0.148. The molecule has 0 spiro atoms. The second kappa shape index (κ2) is 6.51. The third-order valence-electron chi connectivity index (χ3n) is 2.96. The molecule has 1 unspecified atom stereocenters. The standard InChI is InChI=1S/C15H14Cl3N/c1-2-14(10-6-8-11(16)9-7-10)19-15-12(17)4-3-5-13(15)18/h3-9,14,19H,2H2,1H3. The zero-order chi connectivity index (χ0) is 13.8. The van der Waals surface area contributed by atoms with Crippen LogP contribution in [-0.2, 0) is 0 Å². The van der Waals surface area contributed by atoms with Gasteiger partial charge in [-0.3, -0.25) is 0 Å². The quantitative estimate of drug-likeness (QED) is 0.707. The van der Waals surface area contributed by atoms with Gasteiger partial charge < -0.3 is 5.32 Å². The molecule has 4 heteroatoms. The number of para-hydroxylation sites is 1. The van der Waals surface area contributed by atoms with Crippen molar-refractivity contribution in [2.24, 2.45) is 0 Å². The van der Waals surface area contributed by atoms with Gasteiger partial charge in [-0.1, -0.05) is 59.9 Å². The predicted molar refractivity (Wildman–Crippen MR) is 84.6 cm³/mol. The summed E-state index contributed by atoms with van der Waals surface area (Å²) in [5.74, 6) is 0. The highest BCUT2D eigenvalue weighted by Crippen LogP contribution is 2.34. The molecule has 0 aliphatic carbocycles. The first kappa shape index (κ1) is 14.5. The predicted octanol–water partition coefficient (Wildman–Crippen LogP) is 6.21. The fraction of sp³-hybridized carbons (Fsp3) is 0.200. The second-order valence-corrected chi connectivity index (χ2v) is 5.50. The molecule has 2 aromatic carbocycles. The fourth-order valence-corrected chi connectivity index (χ4v) is 2.56. The molecule has 100 valence electrons. The lowest BCUT2D eigenvalue weighted by atomic mass is 10.0.